The highest BCUT2D eigenvalue weighted by Crippen LogP contribution is 2.33. The third-order valence-corrected chi connectivity index (χ3v) is 8.18. The highest BCUT2D eigenvalue weighted by molar-refractivity contribution is 5.83. The zero-order chi connectivity index (χ0) is 28.0. The van der Waals surface area contributed by atoms with Gasteiger partial charge in [0.25, 0.3) is 0 Å². The maximum absolute atomic E-state index is 11.6. The first kappa shape index (κ1) is 26.8. The van der Waals surface area contributed by atoms with Gasteiger partial charge in [-0.25, -0.2) is 0 Å². The van der Waals surface area contributed by atoms with E-state index in [-0.39, 0.29) is 12.2 Å². The highest BCUT2D eigenvalue weighted by Gasteiger charge is 2.35. The molecular formula is C33H36N6O2. The van der Waals surface area contributed by atoms with Gasteiger partial charge in [0.1, 0.15) is 11.6 Å². The molecule has 3 aromatic carbocycles. The minimum absolute atomic E-state index is 0.0402. The largest absolute Gasteiger partial charge is 0.497 e. The van der Waals surface area contributed by atoms with E-state index in [1.54, 1.807) is 7.11 Å². The summed E-state index contributed by atoms with van der Waals surface area (Å²) < 4.78 is 7.69. The molecule has 1 aliphatic rings. The first-order chi connectivity index (χ1) is 20.2. The summed E-state index contributed by atoms with van der Waals surface area (Å²) in [7, 11) is 1.68. The van der Waals surface area contributed by atoms with E-state index in [9.17, 15) is 4.79 Å². The molecule has 2 atom stereocenters. The second-order valence-electron chi connectivity index (χ2n) is 10.7. The molecule has 0 saturated carbocycles. The Kier molecular flexibility index (Phi) is 8.09. The van der Waals surface area contributed by atoms with E-state index < -0.39 is 0 Å². The maximum Gasteiger partial charge on any atom is 0.208 e. The number of aromatic nitrogens is 4. The summed E-state index contributed by atoms with van der Waals surface area (Å²) in [5, 5.41) is 13.9. The fourth-order valence-electron chi connectivity index (χ4n) is 6.05. The Morgan fingerprint density at radius 2 is 1.80 bits per heavy atom. The number of aryl methyl sites for hydroxylation is 2. The molecule has 2 N–H and O–H groups in total. The van der Waals surface area contributed by atoms with Crippen LogP contribution in [-0.4, -0.2) is 50.9 Å². The summed E-state index contributed by atoms with van der Waals surface area (Å²) in [6.07, 6.45) is 7.23. The number of fused-ring (bicyclic) bond motifs is 1. The third kappa shape index (κ3) is 5.88. The van der Waals surface area contributed by atoms with E-state index in [0.29, 0.717) is 6.54 Å². The highest BCUT2D eigenvalue weighted by atomic mass is 16.5. The molecule has 0 unspecified atom stereocenters. The van der Waals surface area contributed by atoms with Crippen LogP contribution in [-0.2, 0) is 30.6 Å². The van der Waals surface area contributed by atoms with E-state index in [1.807, 2.05) is 18.2 Å². The van der Waals surface area contributed by atoms with E-state index in [0.717, 1.165) is 73.5 Å². The van der Waals surface area contributed by atoms with Crippen molar-refractivity contribution >= 4 is 17.3 Å². The Labute approximate surface area is 240 Å². The van der Waals surface area contributed by atoms with Crippen LogP contribution in [0, 0.1) is 0 Å². The molecule has 0 radical (unpaired) electrons. The number of amides is 1. The fourth-order valence-corrected chi connectivity index (χ4v) is 6.05. The molecule has 1 amide bonds. The molecule has 6 rings (SSSR count). The Hall–Kier alpha value is -4.43. The average molecular weight is 549 g/mol. The quantitative estimate of drug-likeness (QED) is 0.213. The number of methoxy groups -OCH3 is 1. The molecule has 210 valence electrons. The Morgan fingerprint density at radius 1 is 1.00 bits per heavy atom. The van der Waals surface area contributed by atoms with Crippen LogP contribution in [0.25, 0.3) is 10.9 Å². The van der Waals surface area contributed by atoms with Crippen LogP contribution in [0.1, 0.15) is 47.2 Å². The van der Waals surface area contributed by atoms with Gasteiger partial charge >= 0.3 is 0 Å². The zero-order valence-corrected chi connectivity index (χ0v) is 23.4. The SMILES string of the molecule is COc1ccc(Cn2c(CCc3ccccc3)nnc2[C@@H](Cc2c[nH]c3ccccc23)N2CCC[C@@H]2NC=O)cc1. The van der Waals surface area contributed by atoms with Crippen LogP contribution in [0.15, 0.2) is 85.1 Å². The molecule has 1 aliphatic heterocycles. The third-order valence-electron chi connectivity index (χ3n) is 8.18. The number of rotatable bonds is 12. The topological polar surface area (TPSA) is 88.1 Å². The Balaban J connectivity index is 1.40. The molecule has 0 aliphatic carbocycles. The predicted octanol–water partition coefficient (Wildman–Crippen LogP) is 5.05. The van der Waals surface area contributed by atoms with Gasteiger partial charge in [-0.3, -0.25) is 9.69 Å². The van der Waals surface area contributed by atoms with E-state index in [4.69, 9.17) is 14.9 Å². The van der Waals surface area contributed by atoms with Gasteiger partial charge < -0.3 is 19.6 Å². The Morgan fingerprint density at radius 3 is 2.61 bits per heavy atom. The van der Waals surface area contributed by atoms with Gasteiger partial charge in [0.15, 0.2) is 5.82 Å². The minimum atomic E-state index is -0.0645. The number of likely N-dealkylation sites (tertiary alicyclic amines) is 1. The van der Waals surface area contributed by atoms with Crippen LogP contribution in [0.2, 0.25) is 0 Å². The van der Waals surface area contributed by atoms with Gasteiger partial charge in [-0.2, -0.15) is 0 Å². The molecule has 8 heteroatoms. The first-order valence-corrected chi connectivity index (χ1v) is 14.3. The van der Waals surface area contributed by atoms with E-state index in [2.05, 4.69) is 86.6 Å². The number of H-pyrrole nitrogens is 1. The van der Waals surface area contributed by atoms with Crippen LogP contribution in [0.5, 0.6) is 5.75 Å². The lowest BCUT2D eigenvalue weighted by atomic mass is 10.0. The van der Waals surface area contributed by atoms with Crippen molar-refractivity contribution < 1.29 is 9.53 Å². The summed E-state index contributed by atoms with van der Waals surface area (Å²) in [6, 6.07) is 27.0. The standard InChI is InChI=1S/C33H36N6O2/c1-41-27-16-13-25(14-17-27)22-39-32(18-15-24-8-3-2-4-9-24)36-37-33(39)30(38-19-7-12-31(38)35-23-40)20-26-21-34-29-11-6-5-10-28(26)29/h2-6,8-11,13-14,16-17,21,23,30-31,34H,7,12,15,18-20,22H2,1H3,(H,35,40)/t30-,31-/m1/s1. The van der Waals surface area contributed by atoms with Crippen molar-refractivity contribution in [3.05, 3.63) is 113 Å². The number of benzene rings is 3. The summed E-state index contributed by atoms with van der Waals surface area (Å²) in [5.74, 6) is 2.72. The molecule has 8 nitrogen and oxygen atoms in total. The number of nitrogens with zero attached hydrogens (tertiary/aromatic N) is 4. The molecule has 0 bridgehead atoms. The van der Waals surface area contributed by atoms with Crippen molar-refractivity contribution in [3.8, 4) is 5.75 Å². The fraction of sp³-hybridized carbons (Fsp3) is 0.303. The number of para-hydroxylation sites is 1. The number of hydrogen-bond acceptors (Lipinski definition) is 5. The van der Waals surface area contributed by atoms with Gasteiger partial charge in [0, 0.05) is 30.1 Å². The number of nitrogens with one attached hydrogen (secondary N) is 2. The predicted molar refractivity (Wildman–Crippen MR) is 160 cm³/mol. The van der Waals surface area contributed by atoms with Crippen LogP contribution >= 0.6 is 0 Å². The summed E-state index contributed by atoms with van der Waals surface area (Å²) in [4.78, 5) is 17.4. The summed E-state index contributed by atoms with van der Waals surface area (Å²) >= 11 is 0. The lowest BCUT2D eigenvalue weighted by Crippen LogP contribution is -2.44. The monoisotopic (exact) mass is 548 g/mol. The molecule has 1 saturated heterocycles. The van der Waals surface area contributed by atoms with Crippen LogP contribution < -0.4 is 10.1 Å². The number of carbonyl (C=O) groups excluding carboxylic acids is 1. The van der Waals surface area contributed by atoms with Crippen molar-refractivity contribution in [2.24, 2.45) is 0 Å². The van der Waals surface area contributed by atoms with Crippen LogP contribution in [0.3, 0.4) is 0 Å². The smallest absolute Gasteiger partial charge is 0.208 e. The summed E-state index contributed by atoms with van der Waals surface area (Å²) in [5.41, 5.74) is 4.78. The molecule has 1 fully saturated rings. The lowest BCUT2D eigenvalue weighted by Gasteiger charge is -2.32. The molecule has 0 spiro atoms. The van der Waals surface area contributed by atoms with Gasteiger partial charge in [-0.05, 0) is 60.6 Å². The Bertz CT molecular complexity index is 1580. The first-order valence-electron chi connectivity index (χ1n) is 14.3. The van der Waals surface area contributed by atoms with Gasteiger partial charge in [-0.15, -0.1) is 10.2 Å². The molecule has 5 aromatic rings. The zero-order valence-electron chi connectivity index (χ0n) is 23.4. The van der Waals surface area contributed by atoms with E-state index >= 15 is 0 Å². The van der Waals surface area contributed by atoms with E-state index in [1.165, 1.54) is 16.5 Å². The number of carbonyl (C=O) groups is 1. The summed E-state index contributed by atoms with van der Waals surface area (Å²) in [6.45, 7) is 1.54. The average Bonchev–Trinajstić information content (AvgIpc) is 3.75. The van der Waals surface area contributed by atoms with Crippen molar-refractivity contribution in [1.82, 2.24) is 30.0 Å². The van der Waals surface area contributed by atoms with Crippen molar-refractivity contribution in [3.63, 3.8) is 0 Å². The maximum atomic E-state index is 11.6. The number of aromatic amines is 1. The minimum Gasteiger partial charge on any atom is -0.497 e. The van der Waals surface area contributed by atoms with Crippen molar-refractivity contribution in [2.45, 2.75) is 50.9 Å². The van der Waals surface area contributed by atoms with Crippen molar-refractivity contribution in [1.29, 1.82) is 0 Å². The van der Waals surface area contributed by atoms with Crippen LogP contribution in [0.4, 0.5) is 0 Å². The lowest BCUT2D eigenvalue weighted by molar-refractivity contribution is -0.111. The van der Waals surface area contributed by atoms with Gasteiger partial charge in [0.2, 0.25) is 6.41 Å². The van der Waals surface area contributed by atoms with Crippen molar-refractivity contribution in [2.75, 3.05) is 13.7 Å². The van der Waals surface area contributed by atoms with Gasteiger partial charge in [-0.1, -0.05) is 60.7 Å². The second kappa shape index (κ2) is 12.4. The normalized spacial score (nSPS) is 16.2. The number of hydrogen-bond donors (Lipinski definition) is 2. The number of ether oxygens (including phenoxy) is 1. The molecule has 3 heterocycles. The molecule has 41 heavy (non-hydrogen) atoms. The molecule has 2 aromatic heterocycles. The second-order valence-corrected chi connectivity index (χ2v) is 10.7. The molecular weight excluding hydrogens is 512 g/mol. The van der Waals surface area contributed by atoms with Gasteiger partial charge in [0.05, 0.1) is 25.9 Å².